The van der Waals surface area contributed by atoms with Gasteiger partial charge < -0.3 is 24.0 Å². The van der Waals surface area contributed by atoms with Crippen molar-refractivity contribution in [2.45, 2.75) is 83.0 Å². The Hall–Kier alpha value is -1.39. The van der Waals surface area contributed by atoms with Crippen LogP contribution in [0.15, 0.2) is 12.3 Å². The number of pyridine rings is 1. The van der Waals surface area contributed by atoms with Gasteiger partial charge in [-0.1, -0.05) is 0 Å². The van der Waals surface area contributed by atoms with E-state index in [0.717, 1.165) is 62.0 Å². The maximum atomic E-state index is 13.1. The highest BCUT2D eigenvalue weighted by Gasteiger charge is 2.51. The van der Waals surface area contributed by atoms with E-state index in [-0.39, 0.29) is 17.7 Å². The Labute approximate surface area is 193 Å². The average molecular weight is 466 g/mol. The van der Waals surface area contributed by atoms with Crippen LogP contribution in [-0.4, -0.2) is 56.4 Å². The predicted octanol–water partition coefficient (Wildman–Crippen LogP) is 3.53. The summed E-state index contributed by atoms with van der Waals surface area (Å²) in [5.41, 5.74) is 2.87. The van der Waals surface area contributed by atoms with Crippen LogP contribution < -0.4 is 4.72 Å². The van der Waals surface area contributed by atoms with Crippen molar-refractivity contribution in [2.75, 3.05) is 19.7 Å². The van der Waals surface area contributed by atoms with Gasteiger partial charge in [-0.3, -0.25) is 4.98 Å². The second kappa shape index (κ2) is 9.46. The quantitative estimate of drug-likeness (QED) is 0.641. The first-order chi connectivity index (χ1) is 15.2. The molecule has 1 aliphatic carbocycles. The number of fused-ring (bicyclic) bond motifs is 1. The van der Waals surface area contributed by atoms with E-state index < -0.39 is 22.2 Å². The maximum Gasteiger partial charge on any atom is 0.407 e. The molecule has 0 bridgehead atoms. The number of nitrogens with zero attached hydrogens (tertiary/aromatic N) is 2. The standard InChI is InChI=1S/C23H35N3O5S/c1-22(2,3)32(29)25-20-17-12-16(15-31-19-6-4-5-11-30-19)14-24-18(17)13-23(20)7-9-26(10-8-23)21(27)28/h12,14,19-20,25H,4-11,13,15H2,1-3H3,(H,27,28)/t19-,20-,32-/m1/s1. The van der Waals surface area contributed by atoms with E-state index >= 15 is 0 Å². The summed E-state index contributed by atoms with van der Waals surface area (Å²) in [6, 6.07) is 1.99. The van der Waals surface area contributed by atoms with Gasteiger partial charge in [-0.05, 0) is 76.5 Å². The van der Waals surface area contributed by atoms with Gasteiger partial charge in [0.25, 0.3) is 0 Å². The lowest BCUT2D eigenvalue weighted by atomic mass is 9.73. The fourth-order valence-corrected chi connectivity index (χ4v) is 5.86. The highest BCUT2D eigenvalue weighted by molar-refractivity contribution is 7.90. The van der Waals surface area contributed by atoms with Gasteiger partial charge in [0.05, 0.1) is 12.6 Å². The molecule has 2 saturated heterocycles. The van der Waals surface area contributed by atoms with Crippen molar-refractivity contribution < 1.29 is 23.9 Å². The van der Waals surface area contributed by atoms with E-state index in [9.17, 15) is 14.5 Å². The highest BCUT2D eigenvalue weighted by atomic mass is 32.2. The molecule has 1 aromatic rings. The van der Waals surface area contributed by atoms with Crippen molar-refractivity contribution in [3.8, 4) is 0 Å². The van der Waals surface area contributed by atoms with Gasteiger partial charge in [0.2, 0.25) is 0 Å². The van der Waals surface area contributed by atoms with Crippen LogP contribution in [0, 0.1) is 5.41 Å². The Kier molecular flexibility index (Phi) is 7.03. The molecular weight excluding hydrogens is 430 g/mol. The van der Waals surface area contributed by atoms with Gasteiger partial charge >= 0.3 is 6.09 Å². The molecule has 1 aromatic heterocycles. The third-order valence-electron chi connectivity index (χ3n) is 6.89. The molecule has 2 fully saturated rings. The number of aromatic nitrogens is 1. The molecule has 3 atom stereocenters. The number of nitrogens with one attached hydrogen (secondary N) is 1. The highest BCUT2D eigenvalue weighted by Crippen LogP contribution is 2.52. The zero-order valence-electron chi connectivity index (χ0n) is 19.3. The van der Waals surface area contributed by atoms with Crippen LogP contribution in [0.3, 0.4) is 0 Å². The lowest BCUT2D eigenvalue weighted by Gasteiger charge is -2.43. The van der Waals surface area contributed by atoms with Gasteiger partial charge in [-0.2, -0.15) is 0 Å². The third kappa shape index (κ3) is 5.07. The van der Waals surface area contributed by atoms with Gasteiger partial charge in [0, 0.05) is 48.4 Å². The molecule has 0 saturated carbocycles. The smallest absolute Gasteiger partial charge is 0.407 e. The number of ether oxygens (including phenoxy) is 2. The van der Waals surface area contributed by atoms with Crippen LogP contribution in [0.25, 0.3) is 0 Å². The first kappa shape index (κ1) is 23.8. The Morgan fingerprint density at radius 3 is 2.78 bits per heavy atom. The summed E-state index contributed by atoms with van der Waals surface area (Å²) in [5.74, 6) is 0. The van der Waals surface area contributed by atoms with E-state index in [2.05, 4.69) is 10.8 Å². The number of carbonyl (C=O) groups is 1. The Morgan fingerprint density at radius 2 is 2.16 bits per heavy atom. The van der Waals surface area contributed by atoms with E-state index in [0.29, 0.717) is 19.7 Å². The fraction of sp³-hybridized carbons (Fsp3) is 0.739. The predicted molar refractivity (Wildman–Crippen MR) is 121 cm³/mol. The average Bonchev–Trinajstić information content (AvgIpc) is 3.04. The number of carboxylic acid groups (broad SMARTS) is 1. The monoisotopic (exact) mass is 465 g/mol. The molecule has 2 N–H and O–H groups in total. The molecule has 178 valence electrons. The molecule has 0 unspecified atom stereocenters. The number of likely N-dealkylation sites (tertiary alicyclic amines) is 1. The summed E-state index contributed by atoms with van der Waals surface area (Å²) in [4.78, 5) is 17.7. The Bertz CT molecular complexity index is 816. The molecule has 32 heavy (non-hydrogen) atoms. The van der Waals surface area contributed by atoms with Crippen LogP contribution in [0.1, 0.15) is 75.7 Å². The molecule has 2 aliphatic heterocycles. The summed E-state index contributed by atoms with van der Waals surface area (Å²) in [6.07, 6.45) is 6.15. The number of piperidine rings is 1. The summed E-state index contributed by atoms with van der Waals surface area (Å²) in [7, 11) is 0. The van der Waals surface area contributed by atoms with Crippen molar-refractivity contribution in [1.82, 2.24) is 14.6 Å². The van der Waals surface area contributed by atoms with Crippen LogP contribution in [0.2, 0.25) is 0 Å². The molecule has 3 aliphatic rings. The van der Waals surface area contributed by atoms with E-state index in [1.807, 2.05) is 27.0 Å². The molecule has 0 radical (unpaired) electrons. The first-order valence-electron chi connectivity index (χ1n) is 11.5. The summed E-state index contributed by atoms with van der Waals surface area (Å²) in [5, 5.41) is 9.39. The zero-order chi connectivity index (χ0) is 22.9. The number of hydrogen-bond acceptors (Lipinski definition) is 6. The molecule has 4 rings (SSSR count). The minimum absolute atomic E-state index is 0.133. The minimum atomic E-state index is -1.25. The molecule has 9 heteroatoms. The third-order valence-corrected chi connectivity index (χ3v) is 8.45. The van der Waals surface area contributed by atoms with Crippen molar-refractivity contribution in [2.24, 2.45) is 5.41 Å². The van der Waals surface area contributed by atoms with Crippen molar-refractivity contribution >= 4 is 17.5 Å². The summed E-state index contributed by atoms with van der Waals surface area (Å²) < 4.78 is 27.7. The molecule has 3 heterocycles. The number of hydrogen-bond donors (Lipinski definition) is 2. The largest absolute Gasteiger partial charge is 0.598 e. The zero-order valence-corrected chi connectivity index (χ0v) is 20.1. The second-order valence-corrected chi connectivity index (χ2v) is 12.2. The van der Waals surface area contributed by atoms with E-state index in [1.165, 1.54) is 4.90 Å². The van der Waals surface area contributed by atoms with Crippen LogP contribution in [-0.2, 0) is 33.9 Å². The van der Waals surface area contributed by atoms with Crippen LogP contribution in [0.4, 0.5) is 4.79 Å². The van der Waals surface area contributed by atoms with Gasteiger partial charge in [0.15, 0.2) is 6.29 Å². The Balaban J connectivity index is 1.55. The van der Waals surface area contributed by atoms with E-state index in [1.54, 1.807) is 0 Å². The lowest BCUT2D eigenvalue weighted by molar-refractivity contribution is -0.168. The minimum Gasteiger partial charge on any atom is -0.598 e. The van der Waals surface area contributed by atoms with Crippen LogP contribution in [0.5, 0.6) is 0 Å². The van der Waals surface area contributed by atoms with Gasteiger partial charge in [0.1, 0.15) is 4.75 Å². The van der Waals surface area contributed by atoms with Gasteiger partial charge in [-0.15, -0.1) is 4.72 Å². The normalized spacial score (nSPS) is 26.2. The molecule has 8 nitrogen and oxygen atoms in total. The van der Waals surface area contributed by atoms with Crippen molar-refractivity contribution in [3.05, 3.63) is 29.1 Å². The topological polar surface area (TPSA) is 107 Å². The molecule has 1 spiro atoms. The SMILES string of the molecule is CC(C)(C)[S@@+]([O-])N[C@@H]1c2cc(CO[C@@H]3CCCCO3)cnc2CC12CCN(C(=O)O)CC2. The number of amides is 1. The molecular formula is C23H35N3O5S. The summed E-state index contributed by atoms with van der Waals surface area (Å²) >= 11 is -1.25. The van der Waals surface area contributed by atoms with Crippen LogP contribution >= 0.6 is 0 Å². The molecule has 1 amide bonds. The lowest BCUT2D eigenvalue weighted by Crippen LogP contribution is -2.50. The van der Waals surface area contributed by atoms with Gasteiger partial charge in [-0.25, -0.2) is 4.79 Å². The molecule has 0 aromatic carbocycles. The second-order valence-electron chi connectivity index (χ2n) is 10.2. The maximum absolute atomic E-state index is 13.1. The van der Waals surface area contributed by atoms with E-state index in [4.69, 9.17) is 14.5 Å². The van der Waals surface area contributed by atoms with Crippen molar-refractivity contribution in [3.63, 3.8) is 0 Å². The Morgan fingerprint density at radius 1 is 1.41 bits per heavy atom. The fourth-order valence-electron chi connectivity index (χ4n) is 4.91. The van der Waals surface area contributed by atoms with Crippen molar-refractivity contribution in [1.29, 1.82) is 0 Å². The summed E-state index contributed by atoms with van der Waals surface area (Å²) in [6.45, 7) is 8.01. The first-order valence-corrected chi connectivity index (χ1v) is 12.7. The number of rotatable bonds is 5.